The van der Waals surface area contributed by atoms with Gasteiger partial charge in [0.05, 0.1) is 61.0 Å². The maximum absolute atomic E-state index is 15.2. The van der Waals surface area contributed by atoms with Gasteiger partial charge in [-0.25, -0.2) is 9.07 Å². The third-order valence-corrected chi connectivity index (χ3v) is 6.29. The van der Waals surface area contributed by atoms with Gasteiger partial charge in [0.2, 0.25) is 11.8 Å². The largest absolute Gasteiger partial charge is 0.480 e. The van der Waals surface area contributed by atoms with Crippen LogP contribution in [0.2, 0.25) is 0 Å². The van der Waals surface area contributed by atoms with Gasteiger partial charge < -0.3 is 14.6 Å². The standard InChI is InChI=1S/C25H28FN7O3/c1-5-32-13-15(2)36-25-19(12-27-31(25)3)17-10-18-21(28-29-22(18)11-20(17)26)7-6-16-23(14-32)33(8-9-34)30-24(16)35-4/h6-7,10-12,34H,2,5,8-9,13-14H2,1,3-4H3,(H,28,29)/b7-6+. The fourth-order valence-corrected chi connectivity index (χ4v) is 4.45. The molecule has 3 aromatic heterocycles. The van der Waals surface area contributed by atoms with Gasteiger partial charge in [-0.15, -0.1) is 5.10 Å². The van der Waals surface area contributed by atoms with Gasteiger partial charge in [0.1, 0.15) is 11.6 Å². The van der Waals surface area contributed by atoms with E-state index < -0.39 is 5.82 Å². The Morgan fingerprint density at radius 2 is 2.08 bits per heavy atom. The smallest absolute Gasteiger partial charge is 0.240 e. The van der Waals surface area contributed by atoms with Crippen molar-refractivity contribution in [1.29, 1.82) is 0 Å². The number of aliphatic hydroxyl groups is 1. The Kier molecular flexibility index (Phi) is 6.33. The molecule has 0 saturated carbocycles. The topological polar surface area (TPSA) is 106 Å². The Hall–Kier alpha value is -3.96. The monoisotopic (exact) mass is 493 g/mol. The number of aromatic nitrogens is 6. The lowest BCUT2D eigenvalue weighted by molar-refractivity contribution is 0.237. The zero-order chi connectivity index (χ0) is 25.4. The predicted octanol–water partition coefficient (Wildman–Crippen LogP) is 3.20. The lowest BCUT2D eigenvalue weighted by atomic mass is 10.0. The Morgan fingerprint density at radius 3 is 2.83 bits per heavy atom. The highest BCUT2D eigenvalue weighted by Gasteiger charge is 2.23. The van der Waals surface area contributed by atoms with Gasteiger partial charge in [0.25, 0.3) is 0 Å². The predicted molar refractivity (Wildman–Crippen MR) is 134 cm³/mol. The summed E-state index contributed by atoms with van der Waals surface area (Å²) in [5.41, 5.74) is 3.72. The van der Waals surface area contributed by atoms with Gasteiger partial charge in [-0.05, 0) is 24.8 Å². The van der Waals surface area contributed by atoms with Gasteiger partial charge in [0.15, 0.2) is 0 Å². The minimum atomic E-state index is -0.418. The van der Waals surface area contributed by atoms with Crippen LogP contribution in [0.3, 0.4) is 0 Å². The molecule has 2 N–H and O–H groups in total. The van der Waals surface area contributed by atoms with Crippen molar-refractivity contribution in [2.45, 2.75) is 20.0 Å². The molecule has 1 aromatic carbocycles. The number of hydrogen-bond donors (Lipinski definition) is 2. The number of fused-ring (bicyclic) bond motifs is 4. The molecule has 0 fully saturated rings. The Labute approximate surface area is 207 Å². The van der Waals surface area contributed by atoms with Gasteiger partial charge in [-0.2, -0.15) is 10.2 Å². The van der Waals surface area contributed by atoms with Gasteiger partial charge in [0, 0.05) is 30.6 Å². The number of rotatable bonds is 4. The molecule has 0 radical (unpaired) electrons. The number of H-pyrrole nitrogens is 1. The van der Waals surface area contributed by atoms with Gasteiger partial charge in [-0.3, -0.25) is 14.7 Å². The number of aliphatic hydroxyl groups excluding tert-OH is 1. The second-order valence-electron chi connectivity index (χ2n) is 8.57. The summed E-state index contributed by atoms with van der Waals surface area (Å²) in [6.45, 7) is 8.03. The number of aryl methyl sites for hydroxylation is 1. The van der Waals surface area contributed by atoms with Crippen LogP contribution in [-0.4, -0.2) is 66.6 Å². The Morgan fingerprint density at radius 1 is 1.25 bits per heavy atom. The van der Waals surface area contributed by atoms with E-state index in [0.717, 1.165) is 16.6 Å². The molecule has 11 heteroatoms. The van der Waals surface area contributed by atoms with E-state index in [2.05, 4.69) is 31.9 Å². The lowest BCUT2D eigenvalue weighted by Crippen LogP contribution is -2.28. The zero-order valence-electron chi connectivity index (χ0n) is 20.5. The van der Waals surface area contributed by atoms with Crippen molar-refractivity contribution in [2.75, 3.05) is 26.8 Å². The minimum absolute atomic E-state index is 0.0649. The van der Waals surface area contributed by atoms with E-state index in [1.165, 1.54) is 6.07 Å². The summed E-state index contributed by atoms with van der Waals surface area (Å²) in [4.78, 5) is 2.13. The fraction of sp³-hybridized carbons (Fsp3) is 0.320. The number of likely N-dealkylation sites (N-methyl/N-ethyl adjacent to an activating group) is 1. The summed E-state index contributed by atoms with van der Waals surface area (Å²) >= 11 is 0. The molecule has 0 amide bonds. The van der Waals surface area contributed by atoms with Gasteiger partial charge >= 0.3 is 0 Å². The summed E-state index contributed by atoms with van der Waals surface area (Å²) in [5, 5.41) is 26.5. The third kappa shape index (κ3) is 4.16. The van der Waals surface area contributed by atoms with Crippen LogP contribution in [-0.2, 0) is 20.1 Å². The highest BCUT2D eigenvalue weighted by atomic mass is 19.1. The Bertz CT molecular complexity index is 1470. The summed E-state index contributed by atoms with van der Waals surface area (Å²) < 4.78 is 30.2. The van der Waals surface area contributed by atoms with Crippen LogP contribution in [0.15, 0.2) is 30.7 Å². The van der Waals surface area contributed by atoms with E-state index in [9.17, 15) is 5.11 Å². The molecule has 0 aliphatic carbocycles. The second-order valence-corrected chi connectivity index (χ2v) is 8.57. The van der Waals surface area contributed by atoms with Crippen molar-refractivity contribution in [3.63, 3.8) is 0 Å². The molecular weight excluding hydrogens is 465 g/mol. The maximum atomic E-state index is 15.2. The van der Waals surface area contributed by atoms with Crippen LogP contribution in [0.1, 0.15) is 23.9 Å². The van der Waals surface area contributed by atoms with E-state index in [-0.39, 0.29) is 6.61 Å². The zero-order valence-corrected chi connectivity index (χ0v) is 20.5. The van der Waals surface area contributed by atoms with Crippen molar-refractivity contribution in [3.8, 4) is 22.9 Å². The number of aromatic amines is 1. The highest BCUT2D eigenvalue weighted by molar-refractivity contribution is 5.93. The molecule has 4 heterocycles. The number of methoxy groups -OCH3 is 1. The van der Waals surface area contributed by atoms with Crippen LogP contribution in [0.4, 0.5) is 4.39 Å². The first kappa shape index (κ1) is 23.8. The molecule has 36 heavy (non-hydrogen) atoms. The van der Waals surface area contributed by atoms with E-state index in [0.29, 0.717) is 66.0 Å². The molecule has 1 aliphatic heterocycles. The van der Waals surface area contributed by atoms with Crippen LogP contribution in [0.25, 0.3) is 34.2 Å². The summed E-state index contributed by atoms with van der Waals surface area (Å²) in [6, 6.07) is 3.16. The van der Waals surface area contributed by atoms with Crippen molar-refractivity contribution in [3.05, 3.63) is 53.4 Å². The first-order chi connectivity index (χ1) is 17.4. The van der Waals surface area contributed by atoms with E-state index in [1.54, 1.807) is 35.8 Å². The third-order valence-electron chi connectivity index (χ3n) is 6.29. The van der Waals surface area contributed by atoms with Crippen molar-refractivity contribution >= 4 is 23.1 Å². The first-order valence-corrected chi connectivity index (χ1v) is 11.6. The van der Waals surface area contributed by atoms with Crippen LogP contribution in [0.5, 0.6) is 11.8 Å². The molecule has 1 aliphatic rings. The van der Waals surface area contributed by atoms with Crippen LogP contribution >= 0.6 is 0 Å². The number of halogens is 1. The van der Waals surface area contributed by atoms with Crippen molar-refractivity contribution in [1.82, 2.24) is 34.7 Å². The molecule has 2 bridgehead atoms. The van der Waals surface area contributed by atoms with Crippen LogP contribution < -0.4 is 9.47 Å². The summed E-state index contributed by atoms with van der Waals surface area (Å²) in [5.74, 6) is 0.908. The molecule has 0 unspecified atom stereocenters. The van der Waals surface area contributed by atoms with Crippen molar-refractivity contribution in [2.24, 2.45) is 7.05 Å². The normalized spacial score (nSPS) is 15.3. The average molecular weight is 494 g/mol. The first-order valence-electron chi connectivity index (χ1n) is 11.6. The molecule has 10 nitrogen and oxygen atoms in total. The van der Waals surface area contributed by atoms with Crippen LogP contribution in [0, 0.1) is 5.82 Å². The molecule has 0 atom stereocenters. The number of nitrogens with zero attached hydrogens (tertiary/aromatic N) is 6. The van der Waals surface area contributed by atoms with E-state index in [1.807, 2.05) is 19.1 Å². The number of ether oxygens (including phenoxy) is 2. The van der Waals surface area contributed by atoms with E-state index >= 15 is 4.39 Å². The fourth-order valence-electron chi connectivity index (χ4n) is 4.45. The Balaban J connectivity index is 1.73. The minimum Gasteiger partial charge on any atom is -0.480 e. The summed E-state index contributed by atoms with van der Waals surface area (Å²) in [7, 11) is 3.30. The maximum Gasteiger partial charge on any atom is 0.240 e. The molecule has 4 aromatic rings. The van der Waals surface area contributed by atoms with Gasteiger partial charge in [-0.1, -0.05) is 13.5 Å². The van der Waals surface area contributed by atoms with E-state index in [4.69, 9.17) is 9.47 Å². The number of benzene rings is 1. The number of nitrogens with one attached hydrogen (secondary N) is 1. The second kappa shape index (κ2) is 9.59. The summed E-state index contributed by atoms with van der Waals surface area (Å²) in [6.07, 6.45) is 5.33. The molecular formula is C25H28FN7O3. The average Bonchev–Trinajstić information content (AvgIpc) is 3.52. The SMILES string of the molecule is C=C1CN(CC)Cc2c(c(OC)nn2CCO)/C=C/c2n[nH]c3cc(F)c(cc23)-c2cnn(C)c2O1. The lowest BCUT2D eigenvalue weighted by Gasteiger charge is -2.22. The molecule has 188 valence electrons. The van der Waals surface area contributed by atoms with Crippen molar-refractivity contribution < 1.29 is 19.0 Å². The number of hydrogen-bond acceptors (Lipinski definition) is 7. The quantitative estimate of drug-likeness (QED) is 0.450. The molecule has 0 saturated heterocycles. The highest BCUT2D eigenvalue weighted by Crippen LogP contribution is 2.36. The molecule has 0 spiro atoms. The molecule has 5 rings (SSSR count).